The van der Waals surface area contributed by atoms with Crippen molar-refractivity contribution in [3.05, 3.63) is 21.4 Å². The third-order valence-corrected chi connectivity index (χ3v) is 4.54. The number of hydrogen-bond donors (Lipinski definition) is 2. The van der Waals surface area contributed by atoms with E-state index in [4.69, 9.17) is 0 Å². The van der Waals surface area contributed by atoms with Crippen molar-refractivity contribution < 1.29 is 0 Å². The fourth-order valence-electron chi connectivity index (χ4n) is 2.37. The predicted octanol–water partition coefficient (Wildman–Crippen LogP) is 2.72. The Morgan fingerprint density at radius 2 is 2.00 bits per heavy atom. The molecule has 17 heavy (non-hydrogen) atoms. The van der Waals surface area contributed by atoms with Crippen molar-refractivity contribution in [2.75, 3.05) is 19.6 Å². The van der Waals surface area contributed by atoms with Crippen molar-refractivity contribution >= 4 is 11.3 Å². The van der Waals surface area contributed by atoms with Crippen molar-refractivity contribution in [1.82, 2.24) is 10.6 Å². The summed E-state index contributed by atoms with van der Waals surface area (Å²) in [7, 11) is 0. The predicted molar refractivity (Wildman–Crippen MR) is 75.8 cm³/mol. The smallest absolute Gasteiger partial charge is 0.0299 e. The van der Waals surface area contributed by atoms with E-state index in [2.05, 4.69) is 23.6 Å². The van der Waals surface area contributed by atoms with Crippen LogP contribution in [0.2, 0.25) is 0 Å². The molecule has 0 unspecified atom stereocenters. The largest absolute Gasteiger partial charge is 0.317 e. The van der Waals surface area contributed by atoms with Crippen LogP contribution in [0.3, 0.4) is 0 Å². The molecular weight excluding hydrogens is 228 g/mol. The van der Waals surface area contributed by atoms with E-state index >= 15 is 0 Å². The van der Waals surface area contributed by atoms with Crippen LogP contribution in [0.5, 0.6) is 0 Å². The molecule has 0 aromatic carbocycles. The molecule has 0 bridgehead atoms. The van der Waals surface area contributed by atoms with E-state index in [0.29, 0.717) is 0 Å². The molecule has 0 radical (unpaired) electrons. The molecule has 2 nitrogen and oxygen atoms in total. The van der Waals surface area contributed by atoms with Gasteiger partial charge < -0.3 is 10.6 Å². The van der Waals surface area contributed by atoms with E-state index < -0.39 is 0 Å². The minimum absolute atomic E-state index is 1.06. The molecule has 96 valence electrons. The highest BCUT2D eigenvalue weighted by Gasteiger charge is 2.12. The molecule has 0 spiro atoms. The fourth-order valence-corrected chi connectivity index (χ4v) is 3.60. The summed E-state index contributed by atoms with van der Waals surface area (Å²) in [4.78, 5) is 3.18. The lowest BCUT2D eigenvalue weighted by Gasteiger charge is -2.08. The molecule has 1 heterocycles. The standard InChI is InChI=1S/C14H24N2S/c1-2-15-8-5-9-16-11-13-10-12-6-3-4-7-14(12)17-13/h10,15-16H,2-9,11H2,1H3. The maximum Gasteiger partial charge on any atom is 0.0299 e. The molecule has 0 atom stereocenters. The van der Waals surface area contributed by atoms with Crippen molar-refractivity contribution in [1.29, 1.82) is 0 Å². The number of nitrogens with one attached hydrogen (secondary N) is 2. The van der Waals surface area contributed by atoms with E-state index in [9.17, 15) is 0 Å². The van der Waals surface area contributed by atoms with Gasteiger partial charge in [-0.15, -0.1) is 11.3 Å². The summed E-state index contributed by atoms with van der Waals surface area (Å²) >= 11 is 2.03. The van der Waals surface area contributed by atoms with E-state index in [1.165, 1.54) is 37.0 Å². The normalized spacial score (nSPS) is 14.9. The van der Waals surface area contributed by atoms with Gasteiger partial charge in [0.25, 0.3) is 0 Å². The van der Waals surface area contributed by atoms with Gasteiger partial charge in [-0.25, -0.2) is 0 Å². The molecule has 0 saturated heterocycles. The van der Waals surface area contributed by atoms with E-state index in [1.807, 2.05) is 11.3 Å². The molecule has 2 N–H and O–H groups in total. The average Bonchev–Trinajstić information content (AvgIpc) is 2.76. The molecule has 1 aliphatic carbocycles. The van der Waals surface area contributed by atoms with Gasteiger partial charge in [-0.1, -0.05) is 6.92 Å². The van der Waals surface area contributed by atoms with E-state index in [-0.39, 0.29) is 0 Å². The lowest BCUT2D eigenvalue weighted by molar-refractivity contribution is 0.608. The van der Waals surface area contributed by atoms with Crippen LogP contribution < -0.4 is 10.6 Å². The van der Waals surface area contributed by atoms with Gasteiger partial charge in [-0.2, -0.15) is 0 Å². The summed E-state index contributed by atoms with van der Waals surface area (Å²) in [6.07, 6.45) is 6.63. The molecule has 0 fully saturated rings. The fraction of sp³-hybridized carbons (Fsp3) is 0.714. The van der Waals surface area contributed by atoms with Gasteiger partial charge in [0.15, 0.2) is 0 Å². The Kier molecular flexibility index (Phi) is 5.49. The van der Waals surface area contributed by atoms with Gasteiger partial charge >= 0.3 is 0 Å². The first kappa shape index (κ1) is 13.1. The van der Waals surface area contributed by atoms with Crippen molar-refractivity contribution in [3.63, 3.8) is 0 Å². The van der Waals surface area contributed by atoms with Crippen molar-refractivity contribution in [3.8, 4) is 0 Å². The minimum atomic E-state index is 1.06. The third-order valence-electron chi connectivity index (χ3n) is 3.30. The Morgan fingerprint density at radius 3 is 2.82 bits per heavy atom. The highest BCUT2D eigenvalue weighted by molar-refractivity contribution is 7.12. The molecule has 0 aliphatic heterocycles. The topological polar surface area (TPSA) is 24.1 Å². The summed E-state index contributed by atoms with van der Waals surface area (Å²) in [5.41, 5.74) is 1.63. The first-order valence-electron chi connectivity index (χ1n) is 6.92. The maximum atomic E-state index is 3.54. The SMILES string of the molecule is CCNCCCNCc1cc2c(s1)CCCC2. The van der Waals surface area contributed by atoms with Crippen molar-refractivity contribution in [2.24, 2.45) is 0 Å². The maximum absolute atomic E-state index is 3.54. The third kappa shape index (κ3) is 4.09. The molecule has 0 saturated carbocycles. The molecule has 2 rings (SSSR count). The van der Waals surface area contributed by atoms with Gasteiger partial charge in [-0.3, -0.25) is 0 Å². The average molecular weight is 252 g/mol. The van der Waals surface area contributed by atoms with Gasteiger partial charge in [0, 0.05) is 16.3 Å². The Bertz CT molecular complexity index is 309. The molecule has 1 aliphatic rings. The molecule has 1 aromatic rings. The summed E-state index contributed by atoms with van der Waals surface area (Å²) in [6, 6.07) is 2.43. The van der Waals surface area contributed by atoms with Crippen LogP contribution in [0, 0.1) is 0 Å². The highest BCUT2D eigenvalue weighted by Crippen LogP contribution is 2.29. The summed E-state index contributed by atoms with van der Waals surface area (Å²) in [6.45, 7) is 6.55. The van der Waals surface area contributed by atoms with E-state index in [0.717, 1.165) is 26.2 Å². The number of fused-ring (bicyclic) bond motifs is 1. The molecular formula is C14H24N2S. The Balaban J connectivity index is 1.67. The van der Waals surface area contributed by atoms with Gasteiger partial charge in [0.2, 0.25) is 0 Å². The molecule has 3 heteroatoms. The summed E-state index contributed by atoms with van der Waals surface area (Å²) in [5.74, 6) is 0. The highest BCUT2D eigenvalue weighted by atomic mass is 32.1. The quantitative estimate of drug-likeness (QED) is 0.729. The first-order valence-corrected chi connectivity index (χ1v) is 7.73. The van der Waals surface area contributed by atoms with Crippen LogP contribution in [-0.2, 0) is 19.4 Å². The number of thiophene rings is 1. The summed E-state index contributed by atoms with van der Waals surface area (Å²) in [5, 5.41) is 6.89. The number of aryl methyl sites for hydroxylation is 2. The van der Waals surface area contributed by atoms with Crippen LogP contribution in [0.4, 0.5) is 0 Å². The van der Waals surface area contributed by atoms with Gasteiger partial charge in [0.05, 0.1) is 0 Å². The molecule has 1 aromatic heterocycles. The second-order valence-electron chi connectivity index (χ2n) is 4.75. The second-order valence-corrected chi connectivity index (χ2v) is 5.97. The first-order chi connectivity index (χ1) is 8.40. The zero-order valence-corrected chi connectivity index (χ0v) is 11.7. The number of hydrogen-bond acceptors (Lipinski definition) is 3. The zero-order chi connectivity index (χ0) is 11.9. The van der Waals surface area contributed by atoms with Crippen LogP contribution in [0.1, 0.15) is 41.5 Å². The Labute approximate surface area is 109 Å². The van der Waals surface area contributed by atoms with Crippen molar-refractivity contribution in [2.45, 2.75) is 45.6 Å². The minimum Gasteiger partial charge on any atom is -0.317 e. The van der Waals surface area contributed by atoms with Crippen LogP contribution in [0.25, 0.3) is 0 Å². The lowest BCUT2D eigenvalue weighted by Crippen LogP contribution is -2.21. The van der Waals surface area contributed by atoms with Gasteiger partial charge in [0.1, 0.15) is 0 Å². The monoisotopic (exact) mass is 252 g/mol. The second kappa shape index (κ2) is 7.14. The Morgan fingerprint density at radius 1 is 1.18 bits per heavy atom. The van der Waals surface area contributed by atoms with Crippen LogP contribution in [-0.4, -0.2) is 19.6 Å². The Hall–Kier alpha value is -0.380. The van der Waals surface area contributed by atoms with Crippen LogP contribution in [0.15, 0.2) is 6.07 Å². The van der Waals surface area contributed by atoms with Gasteiger partial charge in [-0.05, 0) is 63.4 Å². The molecule has 0 amide bonds. The van der Waals surface area contributed by atoms with E-state index in [1.54, 1.807) is 10.4 Å². The zero-order valence-electron chi connectivity index (χ0n) is 10.8. The lowest BCUT2D eigenvalue weighted by atomic mass is 9.99. The summed E-state index contributed by atoms with van der Waals surface area (Å²) < 4.78 is 0. The number of rotatable bonds is 7. The van der Waals surface area contributed by atoms with Crippen LogP contribution >= 0.6 is 11.3 Å².